The highest BCUT2D eigenvalue weighted by Crippen LogP contribution is 2.18. The molecular formula is C19H20O4. The normalized spacial score (nSPS) is 10.2. The van der Waals surface area contributed by atoms with E-state index in [0.717, 1.165) is 17.5 Å². The molecule has 0 saturated carbocycles. The molecule has 2 aromatic carbocycles. The SMILES string of the molecule is CCCOC(=O)c1cccc(C(=O)Oc2ccc(C)c(C)c2)c1. The maximum Gasteiger partial charge on any atom is 0.343 e. The number of rotatable bonds is 5. The molecule has 0 aliphatic carbocycles. The Balaban J connectivity index is 2.13. The topological polar surface area (TPSA) is 52.6 Å². The summed E-state index contributed by atoms with van der Waals surface area (Å²) in [6.07, 6.45) is 0.750. The van der Waals surface area contributed by atoms with Crippen molar-refractivity contribution < 1.29 is 19.1 Å². The quantitative estimate of drug-likeness (QED) is 0.616. The van der Waals surface area contributed by atoms with E-state index in [1.54, 1.807) is 24.3 Å². The van der Waals surface area contributed by atoms with Crippen LogP contribution in [0.3, 0.4) is 0 Å². The predicted octanol–water partition coefficient (Wildman–Crippen LogP) is 4.09. The van der Waals surface area contributed by atoms with Crippen molar-refractivity contribution in [3.8, 4) is 5.75 Å². The highest BCUT2D eigenvalue weighted by atomic mass is 16.5. The van der Waals surface area contributed by atoms with Gasteiger partial charge in [0.15, 0.2) is 0 Å². The molecule has 0 unspecified atom stereocenters. The molecule has 0 amide bonds. The third kappa shape index (κ3) is 4.42. The summed E-state index contributed by atoms with van der Waals surface area (Å²) in [4.78, 5) is 24.1. The van der Waals surface area contributed by atoms with E-state index in [9.17, 15) is 9.59 Å². The molecule has 0 aliphatic rings. The highest BCUT2D eigenvalue weighted by Gasteiger charge is 2.13. The Morgan fingerprint density at radius 2 is 1.61 bits per heavy atom. The first-order valence-corrected chi connectivity index (χ1v) is 7.58. The van der Waals surface area contributed by atoms with Gasteiger partial charge >= 0.3 is 11.9 Å². The molecule has 2 aromatic rings. The summed E-state index contributed by atoms with van der Waals surface area (Å²) in [7, 11) is 0. The van der Waals surface area contributed by atoms with Crippen molar-refractivity contribution in [1.82, 2.24) is 0 Å². The predicted molar refractivity (Wildman–Crippen MR) is 87.9 cm³/mol. The first kappa shape index (κ1) is 16.7. The van der Waals surface area contributed by atoms with Crippen molar-refractivity contribution in [1.29, 1.82) is 0 Å². The lowest BCUT2D eigenvalue weighted by Crippen LogP contribution is -2.11. The molecular weight excluding hydrogens is 292 g/mol. The lowest BCUT2D eigenvalue weighted by atomic mass is 10.1. The van der Waals surface area contributed by atoms with Gasteiger partial charge in [0.05, 0.1) is 17.7 Å². The van der Waals surface area contributed by atoms with E-state index in [0.29, 0.717) is 23.5 Å². The molecule has 0 N–H and O–H groups in total. The van der Waals surface area contributed by atoms with E-state index < -0.39 is 11.9 Å². The second-order valence-corrected chi connectivity index (χ2v) is 5.35. The molecule has 4 heteroatoms. The molecule has 0 atom stereocenters. The molecule has 0 radical (unpaired) electrons. The van der Waals surface area contributed by atoms with Crippen LogP contribution in [0.15, 0.2) is 42.5 Å². The number of hydrogen-bond acceptors (Lipinski definition) is 4. The Bertz CT molecular complexity index is 719. The molecule has 0 fully saturated rings. The van der Waals surface area contributed by atoms with Gasteiger partial charge in [0, 0.05) is 0 Å². The zero-order valence-corrected chi connectivity index (χ0v) is 13.6. The van der Waals surface area contributed by atoms with E-state index >= 15 is 0 Å². The van der Waals surface area contributed by atoms with E-state index in [4.69, 9.17) is 9.47 Å². The second-order valence-electron chi connectivity index (χ2n) is 5.35. The summed E-state index contributed by atoms with van der Waals surface area (Å²) >= 11 is 0. The fourth-order valence-electron chi connectivity index (χ4n) is 1.99. The molecule has 2 rings (SSSR count). The smallest absolute Gasteiger partial charge is 0.343 e. The van der Waals surface area contributed by atoms with Gasteiger partial charge in [-0.05, 0) is 61.7 Å². The first-order chi connectivity index (χ1) is 11.0. The van der Waals surface area contributed by atoms with Gasteiger partial charge in [0.25, 0.3) is 0 Å². The third-order valence-corrected chi connectivity index (χ3v) is 3.46. The molecule has 0 heterocycles. The Kier molecular flexibility index (Phi) is 5.52. The lowest BCUT2D eigenvalue weighted by Gasteiger charge is -2.08. The monoisotopic (exact) mass is 312 g/mol. The average molecular weight is 312 g/mol. The van der Waals surface area contributed by atoms with Crippen LogP contribution < -0.4 is 4.74 Å². The molecule has 0 bridgehead atoms. The number of ether oxygens (including phenoxy) is 2. The maximum atomic E-state index is 12.2. The number of aryl methyl sites for hydroxylation is 2. The molecule has 120 valence electrons. The minimum absolute atomic E-state index is 0.314. The standard InChI is InChI=1S/C19H20O4/c1-4-10-22-18(20)15-6-5-7-16(12-15)19(21)23-17-9-8-13(2)14(3)11-17/h5-9,11-12H,4,10H2,1-3H3. The van der Waals surface area contributed by atoms with Crippen LogP contribution in [-0.4, -0.2) is 18.5 Å². The van der Waals surface area contributed by atoms with Crippen molar-refractivity contribution in [2.24, 2.45) is 0 Å². The van der Waals surface area contributed by atoms with E-state index in [2.05, 4.69) is 0 Å². The van der Waals surface area contributed by atoms with Gasteiger partial charge in [0.2, 0.25) is 0 Å². The number of esters is 2. The van der Waals surface area contributed by atoms with E-state index in [-0.39, 0.29) is 0 Å². The van der Waals surface area contributed by atoms with Gasteiger partial charge in [-0.2, -0.15) is 0 Å². The summed E-state index contributed by atoms with van der Waals surface area (Å²) in [6, 6.07) is 11.8. The third-order valence-electron chi connectivity index (χ3n) is 3.46. The van der Waals surface area contributed by atoms with Crippen LogP contribution >= 0.6 is 0 Å². The van der Waals surface area contributed by atoms with E-state index in [1.807, 2.05) is 32.9 Å². The Hall–Kier alpha value is -2.62. The van der Waals surface area contributed by atoms with Crippen molar-refractivity contribution >= 4 is 11.9 Å². The zero-order valence-electron chi connectivity index (χ0n) is 13.6. The largest absolute Gasteiger partial charge is 0.462 e. The van der Waals surface area contributed by atoms with Crippen molar-refractivity contribution in [3.05, 3.63) is 64.7 Å². The Morgan fingerprint density at radius 1 is 0.913 bits per heavy atom. The van der Waals surface area contributed by atoms with Gasteiger partial charge in [-0.3, -0.25) is 0 Å². The lowest BCUT2D eigenvalue weighted by molar-refractivity contribution is 0.0505. The van der Waals surface area contributed by atoms with Gasteiger partial charge in [-0.25, -0.2) is 9.59 Å². The van der Waals surface area contributed by atoms with Crippen LogP contribution in [0.4, 0.5) is 0 Å². The van der Waals surface area contributed by atoms with Gasteiger partial charge in [0.1, 0.15) is 5.75 Å². The van der Waals surface area contributed by atoms with Gasteiger partial charge in [-0.15, -0.1) is 0 Å². The summed E-state index contributed by atoms with van der Waals surface area (Å²) in [5, 5.41) is 0. The van der Waals surface area contributed by atoms with Crippen LogP contribution in [-0.2, 0) is 4.74 Å². The molecule has 0 aliphatic heterocycles. The number of benzene rings is 2. The summed E-state index contributed by atoms with van der Waals surface area (Å²) < 4.78 is 10.4. The number of hydrogen-bond donors (Lipinski definition) is 0. The van der Waals surface area contributed by atoms with Crippen LogP contribution in [0, 0.1) is 13.8 Å². The zero-order chi connectivity index (χ0) is 16.8. The van der Waals surface area contributed by atoms with Crippen LogP contribution in [0.25, 0.3) is 0 Å². The fraction of sp³-hybridized carbons (Fsp3) is 0.263. The number of carbonyl (C=O) groups excluding carboxylic acids is 2. The van der Waals surface area contributed by atoms with Crippen LogP contribution in [0.2, 0.25) is 0 Å². The van der Waals surface area contributed by atoms with E-state index in [1.165, 1.54) is 6.07 Å². The second kappa shape index (κ2) is 7.58. The maximum absolute atomic E-state index is 12.2. The molecule has 0 spiro atoms. The number of carbonyl (C=O) groups is 2. The van der Waals surface area contributed by atoms with Gasteiger partial charge in [-0.1, -0.05) is 19.1 Å². The summed E-state index contributed by atoms with van der Waals surface area (Å²) in [6.45, 7) is 6.23. The van der Waals surface area contributed by atoms with Crippen LogP contribution in [0.1, 0.15) is 45.2 Å². The minimum atomic E-state index is -0.501. The molecule has 0 aromatic heterocycles. The van der Waals surface area contributed by atoms with Crippen molar-refractivity contribution in [2.45, 2.75) is 27.2 Å². The van der Waals surface area contributed by atoms with Gasteiger partial charge < -0.3 is 9.47 Å². The first-order valence-electron chi connectivity index (χ1n) is 7.58. The minimum Gasteiger partial charge on any atom is -0.462 e. The summed E-state index contributed by atoms with van der Waals surface area (Å²) in [5.74, 6) is -0.455. The Morgan fingerprint density at radius 3 is 2.26 bits per heavy atom. The van der Waals surface area contributed by atoms with Crippen molar-refractivity contribution in [2.75, 3.05) is 6.61 Å². The fourth-order valence-corrected chi connectivity index (χ4v) is 1.99. The molecule has 0 saturated heterocycles. The summed E-state index contributed by atoms with van der Waals surface area (Å²) in [5.41, 5.74) is 2.83. The Labute approximate surface area is 136 Å². The highest BCUT2D eigenvalue weighted by molar-refractivity contribution is 5.96. The average Bonchev–Trinajstić information content (AvgIpc) is 2.56. The molecule has 23 heavy (non-hydrogen) atoms. The van der Waals surface area contributed by atoms with Crippen LogP contribution in [0.5, 0.6) is 5.75 Å². The van der Waals surface area contributed by atoms with Crippen molar-refractivity contribution in [3.63, 3.8) is 0 Å². The molecule has 4 nitrogen and oxygen atoms in total.